The fourth-order valence-electron chi connectivity index (χ4n) is 1.82. The van der Waals surface area contributed by atoms with Crippen LogP contribution in [-0.2, 0) is 13.0 Å². The third kappa shape index (κ3) is 2.22. The maximum Gasteiger partial charge on any atom is 0.176 e. The van der Waals surface area contributed by atoms with E-state index >= 15 is 0 Å². The Labute approximate surface area is 96.0 Å². The minimum Gasteiger partial charge on any atom is -0.337 e. The molecule has 0 saturated heterocycles. The van der Waals surface area contributed by atoms with Gasteiger partial charge in [0.1, 0.15) is 6.07 Å². The number of Topliss-reactive ketones (excluding diaryl/α,β-unsaturated/α-hetero) is 1. The molecule has 0 aliphatic rings. The van der Waals surface area contributed by atoms with E-state index in [1.54, 1.807) is 12.1 Å². The SMILES string of the molecule is C=CCn1c(C(C)=O)cc(C#N)c1CCC. The zero-order valence-corrected chi connectivity index (χ0v) is 9.79. The molecule has 0 unspecified atom stereocenters. The molecule has 0 N–H and O–H groups in total. The van der Waals surface area contributed by atoms with Crippen molar-refractivity contribution in [3.05, 3.63) is 35.7 Å². The molecule has 16 heavy (non-hydrogen) atoms. The standard InChI is InChI=1S/C13H16N2O/c1-4-6-12-11(9-14)8-13(10(3)16)15(12)7-5-2/h5,8H,2,4,6-7H2,1,3H3. The number of nitriles is 1. The second kappa shape index (κ2) is 5.32. The van der Waals surface area contributed by atoms with Crippen LogP contribution in [0.3, 0.4) is 0 Å². The van der Waals surface area contributed by atoms with Gasteiger partial charge in [-0.1, -0.05) is 19.4 Å². The molecule has 0 saturated carbocycles. The molecule has 3 heteroatoms. The van der Waals surface area contributed by atoms with Crippen molar-refractivity contribution in [2.24, 2.45) is 0 Å². The van der Waals surface area contributed by atoms with E-state index in [4.69, 9.17) is 5.26 Å². The monoisotopic (exact) mass is 216 g/mol. The summed E-state index contributed by atoms with van der Waals surface area (Å²) in [5, 5.41) is 9.03. The lowest BCUT2D eigenvalue weighted by Gasteiger charge is -2.09. The Morgan fingerprint density at radius 1 is 1.69 bits per heavy atom. The van der Waals surface area contributed by atoms with Gasteiger partial charge in [0, 0.05) is 19.2 Å². The number of hydrogen-bond donors (Lipinski definition) is 0. The summed E-state index contributed by atoms with van der Waals surface area (Å²) in [4.78, 5) is 11.5. The summed E-state index contributed by atoms with van der Waals surface area (Å²) in [6, 6.07) is 3.82. The second-order valence-corrected chi connectivity index (χ2v) is 3.71. The van der Waals surface area contributed by atoms with Crippen molar-refractivity contribution < 1.29 is 4.79 Å². The van der Waals surface area contributed by atoms with E-state index in [2.05, 4.69) is 19.6 Å². The number of aromatic nitrogens is 1. The molecule has 0 aromatic carbocycles. The first-order valence-electron chi connectivity index (χ1n) is 5.40. The molecule has 3 nitrogen and oxygen atoms in total. The second-order valence-electron chi connectivity index (χ2n) is 3.71. The van der Waals surface area contributed by atoms with Crippen LogP contribution in [0.4, 0.5) is 0 Å². The van der Waals surface area contributed by atoms with Crippen molar-refractivity contribution in [2.75, 3.05) is 0 Å². The summed E-state index contributed by atoms with van der Waals surface area (Å²) in [6.07, 6.45) is 3.50. The van der Waals surface area contributed by atoms with Crippen LogP contribution in [0.1, 0.15) is 42.0 Å². The first kappa shape index (κ1) is 12.3. The Bertz CT molecular complexity index is 449. The molecular formula is C13H16N2O. The van der Waals surface area contributed by atoms with E-state index in [9.17, 15) is 4.79 Å². The van der Waals surface area contributed by atoms with Crippen LogP contribution in [0, 0.1) is 11.3 Å². The topological polar surface area (TPSA) is 45.8 Å². The van der Waals surface area contributed by atoms with Gasteiger partial charge in [0.2, 0.25) is 0 Å². The minimum absolute atomic E-state index is 0.0132. The predicted molar refractivity (Wildman–Crippen MR) is 63.3 cm³/mol. The Morgan fingerprint density at radius 3 is 2.81 bits per heavy atom. The molecule has 1 aromatic rings. The highest BCUT2D eigenvalue weighted by Crippen LogP contribution is 2.18. The number of carbonyl (C=O) groups is 1. The Balaban J connectivity index is 3.36. The fourth-order valence-corrected chi connectivity index (χ4v) is 1.82. The molecule has 0 aliphatic carbocycles. The molecule has 1 aromatic heterocycles. The summed E-state index contributed by atoms with van der Waals surface area (Å²) < 4.78 is 1.89. The van der Waals surface area contributed by atoms with Gasteiger partial charge in [0.15, 0.2) is 5.78 Å². The Morgan fingerprint density at radius 2 is 2.38 bits per heavy atom. The third-order valence-corrected chi connectivity index (χ3v) is 2.49. The average molecular weight is 216 g/mol. The fraction of sp³-hybridized carbons (Fsp3) is 0.385. The van der Waals surface area contributed by atoms with E-state index in [0.717, 1.165) is 18.5 Å². The quantitative estimate of drug-likeness (QED) is 0.561. The van der Waals surface area contributed by atoms with Gasteiger partial charge in [0.25, 0.3) is 0 Å². The average Bonchev–Trinajstić information content (AvgIpc) is 2.59. The van der Waals surface area contributed by atoms with E-state index in [1.165, 1.54) is 6.92 Å². The normalized spacial score (nSPS) is 9.81. The van der Waals surface area contributed by atoms with Gasteiger partial charge in [-0.05, 0) is 12.5 Å². The number of rotatable bonds is 5. The van der Waals surface area contributed by atoms with Crippen LogP contribution in [0.5, 0.6) is 0 Å². The molecule has 0 aliphatic heterocycles. The van der Waals surface area contributed by atoms with Crippen molar-refractivity contribution in [1.29, 1.82) is 5.26 Å². The lowest BCUT2D eigenvalue weighted by Crippen LogP contribution is -2.09. The molecule has 0 bridgehead atoms. The van der Waals surface area contributed by atoms with Crippen molar-refractivity contribution in [3.8, 4) is 6.07 Å². The third-order valence-electron chi connectivity index (χ3n) is 2.49. The molecule has 84 valence electrons. The zero-order chi connectivity index (χ0) is 12.1. The van der Waals surface area contributed by atoms with Gasteiger partial charge >= 0.3 is 0 Å². The zero-order valence-electron chi connectivity index (χ0n) is 9.79. The molecule has 0 amide bonds. The van der Waals surface area contributed by atoms with Gasteiger partial charge in [-0.2, -0.15) is 5.26 Å². The maximum absolute atomic E-state index is 11.5. The summed E-state index contributed by atoms with van der Waals surface area (Å²) in [6.45, 7) is 7.83. The van der Waals surface area contributed by atoms with Crippen molar-refractivity contribution in [1.82, 2.24) is 4.57 Å². The molecule has 1 heterocycles. The smallest absolute Gasteiger partial charge is 0.176 e. The van der Waals surface area contributed by atoms with Crippen LogP contribution < -0.4 is 0 Å². The van der Waals surface area contributed by atoms with Crippen LogP contribution in [0.2, 0.25) is 0 Å². The number of allylic oxidation sites excluding steroid dienone is 1. The molecule has 0 fully saturated rings. The summed E-state index contributed by atoms with van der Waals surface area (Å²) >= 11 is 0. The van der Waals surface area contributed by atoms with Crippen LogP contribution in [0.15, 0.2) is 18.7 Å². The highest BCUT2D eigenvalue weighted by molar-refractivity contribution is 5.93. The molecule has 0 atom stereocenters. The van der Waals surface area contributed by atoms with Crippen LogP contribution >= 0.6 is 0 Å². The summed E-state index contributed by atoms with van der Waals surface area (Å²) in [7, 11) is 0. The molecule has 0 spiro atoms. The van der Waals surface area contributed by atoms with E-state index in [0.29, 0.717) is 17.8 Å². The maximum atomic E-state index is 11.5. The predicted octanol–water partition coefficient (Wildman–Crippen LogP) is 2.70. The molecule has 0 radical (unpaired) electrons. The van der Waals surface area contributed by atoms with Gasteiger partial charge < -0.3 is 4.57 Å². The first-order valence-corrected chi connectivity index (χ1v) is 5.40. The lowest BCUT2D eigenvalue weighted by atomic mass is 10.2. The van der Waals surface area contributed by atoms with Crippen molar-refractivity contribution >= 4 is 5.78 Å². The highest BCUT2D eigenvalue weighted by atomic mass is 16.1. The van der Waals surface area contributed by atoms with E-state index in [1.807, 2.05) is 4.57 Å². The Hall–Kier alpha value is -1.82. The minimum atomic E-state index is -0.0132. The van der Waals surface area contributed by atoms with Crippen molar-refractivity contribution in [2.45, 2.75) is 33.2 Å². The number of hydrogen-bond acceptors (Lipinski definition) is 2. The van der Waals surface area contributed by atoms with Crippen LogP contribution in [0.25, 0.3) is 0 Å². The van der Waals surface area contributed by atoms with Gasteiger partial charge in [-0.15, -0.1) is 6.58 Å². The Kier molecular flexibility index (Phi) is 4.07. The summed E-state index contributed by atoms with van der Waals surface area (Å²) in [5.74, 6) is -0.0132. The van der Waals surface area contributed by atoms with Crippen molar-refractivity contribution in [3.63, 3.8) is 0 Å². The summed E-state index contributed by atoms with van der Waals surface area (Å²) in [5.41, 5.74) is 2.14. The number of ketones is 1. The van der Waals surface area contributed by atoms with Gasteiger partial charge in [-0.3, -0.25) is 4.79 Å². The van der Waals surface area contributed by atoms with E-state index < -0.39 is 0 Å². The first-order chi connectivity index (χ1) is 7.65. The lowest BCUT2D eigenvalue weighted by molar-refractivity contribution is 0.100. The highest BCUT2D eigenvalue weighted by Gasteiger charge is 2.15. The van der Waals surface area contributed by atoms with Crippen LogP contribution in [-0.4, -0.2) is 10.4 Å². The van der Waals surface area contributed by atoms with Gasteiger partial charge in [-0.25, -0.2) is 0 Å². The molecule has 1 rings (SSSR count). The molecular weight excluding hydrogens is 200 g/mol. The van der Waals surface area contributed by atoms with Gasteiger partial charge in [0.05, 0.1) is 11.3 Å². The van der Waals surface area contributed by atoms with E-state index in [-0.39, 0.29) is 5.78 Å². The number of nitrogens with zero attached hydrogens (tertiary/aromatic N) is 2. The number of carbonyl (C=O) groups excluding carboxylic acids is 1. The largest absolute Gasteiger partial charge is 0.337 e.